The minimum atomic E-state index is -0.650. The second kappa shape index (κ2) is 9.91. The first-order valence-electron chi connectivity index (χ1n) is 11.6. The van der Waals surface area contributed by atoms with E-state index in [1.165, 1.54) is 16.8 Å². The van der Waals surface area contributed by atoms with E-state index in [1.807, 2.05) is 12.1 Å². The summed E-state index contributed by atoms with van der Waals surface area (Å²) < 4.78 is 19.8. The number of H-pyrrole nitrogens is 1. The molecular formula is C24H25N5O7. The number of hydrogen-bond donors (Lipinski definition) is 2. The van der Waals surface area contributed by atoms with Gasteiger partial charge in [0.25, 0.3) is 5.56 Å². The van der Waals surface area contributed by atoms with Crippen LogP contribution in [0.2, 0.25) is 0 Å². The molecule has 3 atom stereocenters. The highest BCUT2D eigenvalue weighted by atomic mass is 16.5. The molecule has 0 aliphatic carbocycles. The Morgan fingerprint density at radius 1 is 1.19 bits per heavy atom. The topological polar surface area (TPSA) is 154 Å². The summed E-state index contributed by atoms with van der Waals surface area (Å²) in [5, 5.41) is 19.1. The molecular weight excluding hydrogens is 470 g/mol. The largest absolute Gasteiger partial charge is 0.493 e. The summed E-state index contributed by atoms with van der Waals surface area (Å²) in [5.74, 6) is 0.605. The van der Waals surface area contributed by atoms with Gasteiger partial charge < -0.3 is 19.0 Å². The van der Waals surface area contributed by atoms with Crippen LogP contribution in [0.4, 0.5) is 0 Å². The number of fused-ring (bicyclic) bond motifs is 1. The summed E-state index contributed by atoms with van der Waals surface area (Å²) in [7, 11) is 0. The number of benzene rings is 1. The Morgan fingerprint density at radius 3 is 2.86 bits per heavy atom. The zero-order chi connectivity index (χ0) is 25.2. The molecule has 36 heavy (non-hydrogen) atoms. The lowest BCUT2D eigenvalue weighted by Gasteiger charge is -2.15. The molecule has 0 amide bonds. The predicted octanol–water partition coefficient (Wildman–Crippen LogP) is 1.08. The molecule has 1 fully saturated rings. The average molecular weight is 495 g/mol. The number of ether oxygens (including phenoxy) is 2. The summed E-state index contributed by atoms with van der Waals surface area (Å²) >= 11 is 0. The van der Waals surface area contributed by atoms with Crippen molar-refractivity contribution in [3.05, 3.63) is 85.2 Å². The van der Waals surface area contributed by atoms with Crippen LogP contribution in [0.25, 0.3) is 11.0 Å². The average Bonchev–Trinajstić information content (AvgIpc) is 3.51. The molecule has 4 aromatic rings. The molecule has 1 aliphatic rings. The number of aromatic amines is 1. The molecule has 0 unspecified atom stereocenters. The van der Waals surface area contributed by atoms with E-state index < -0.39 is 29.2 Å². The first-order valence-corrected chi connectivity index (χ1v) is 11.6. The highest BCUT2D eigenvalue weighted by molar-refractivity contribution is 5.77. The number of hydrogen-bond acceptors (Lipinski definition) is 9. The molecule has 1 saturated heterocycles. The number of nitrogens with zero attached hydrogens (tertiary/aromatic N) is 4. The van der Waals surface area contributed by atoms with E-state index >= 15 is 0 Å². The van der Waals surface area contributed by atoms with E-state index in [4.69, 9.17) is 13.9 Å². The van der Waals surface area contributed by atoms with Crippen molar-refractivity contribution in [3.63, 3.8) is 0 Å². The van der Waals surface area contributed by atoms with Gasteiger partial charge >= 0.3 is 11.3 Å². The molecule has 3 aromatic heterocycles. The maximum absolute atomic E-state index is 12.2. The van der Waals surface area contributed by atoms with Gasteiger partial charge in [0.15, 0.2) is 0 Å². The lowest BCUT2D eigenvalue weighted by molar-refractivity contribution is -0.0323. The Morgan fingerprint density at radius 2 is 2.03 bits per heavy atom. The fraction of sp³-hybridized carbons (Fsp3) is 0.375. The Balaban J connectivity index is 1.19. The van der Waals surface area contributed by atoms with Gasteiger partial charge in [0.1, 0.15) is 23.7 Å². The van der Waals surface area contributed by atoms with E-state index in [2.05, 4.69) is 15.3 Å². The maximum atomic E-state index is 12.2. The van der Waals surface area contributed by atoms with Gasteiger partial charge in [-0.1, -0.05) is 5.21 Å². The molecule has 12 heteroatoms. The Kier molecular flexibility index (Phi) is 6.53. The predicted molar refractivity (Wildman–Crippen MR) is 127 cm³/mol. The lowest BCUT2D eigenvalue weighted by atomic mass is 10.1. The minimum Gasteiger partial charge on any atom is -0.493 e. The van der Waals surface area contributed by atoms with Gasteiger partial charge in [-0.05, 0) is 38.0 Å². The number of nitrogens with one attached hydrogen (secondary N) is 1. The highest BCUT2D eigenvalue weighted by Crippen LogP contribution is 2.35. The molecule has 1 aliphatic heterocycles. The van der Waals surface area contributed by atoms with Gasteiger partial charge in [0, 0.05) is 41.9 Å². The number of aliphatic hydroxyl groups is 1. The maximum Gasteiger partial charge on any atom is 0.336 e. The van der Waals surface area contributed by atoms with Crippen molar-refractivity contribution in [2.45, 2.75) is 44.6 Å². The van der Waals surface area contributed by atoms with E-state index in [0.717, 1.165) is 11.1 Å². The Labute approximate surface area is 203 Å². The normalized spacial score (nSPS) is 19.7. The van der Waals surface area contributed by atoms with Crippen LogP contribution in [0.15, 0.2) is 61.5 Å². The van der Waals surface area contributed by atoms with Crippen LogP contribution in [-0.2, 0) is 11.2 Å². The van der Waals surface area contributed by atoms with Crippen LogP contribution < -0.4 is 21.6 Å². The van der Waals surface area contributed by atoms with E-state index in [1.54, 1.807) is 29.9 Å². The van der Waals surface area contributed by atoms with Crippen molar-refractivity contribution >= 4 is 11.0 Å². The van der Waals surface area contributed by atoms with E-state index in [-0.39, 0.29) is 12.6 Å². The van der Waals surface area contributed by atoms with Crippen molar-refractivity contribution in [2.75, 3.05) is 13.2 Å². The van der Waals surface area contributed by atoms with Crippen LogP contribution in [0.5, 0.6) is 5.75 Å². The van der Waals surface area contributed by atoms with Gasteiger partial charge in [-0.2, -0.15) is 0 Å². The van der Waals surface area contributed by atoms with Crippen LogP contribution in [0.3, 0.4) is 0 Å². The fourth-order valence-electron chi connectivity index (χ4n) is 4.29. The molecule has 0 spiro atoms. The second-order valence-electron chi connectivity index (χ2n) is 8.69. The van der Waals surface area contributed by atoms with Gasteiger partial charge in [-0.3, -0.25) is 14.3 Å². The summed E-state index contributed by atoms with van der Waals surface area (Å²) in [6, 6.07) is 8.08. The molecule has 0 saturated carbocycles. The molecule has 12 nitrogen and oxygen atoms in total. The van der Waals surface area contributed by atoms with Gasteiger partial charge in [0.2, 0.25) is 0 Å². The lowest BCUT2D eigenvalue weighted by Crippen LogP contribution is -2.33. The van der Waals surface area contributed by atoms with Gasteiger partial charge in [-0.15, -0.1) is 5.10 Å². The minimum absolute atomic E-state index is 0.257. The first kappa shape index (κ1) is 23.7. The van der Waals surface area contributed by atoms with Crippen LogP contribution in [-0.4, -0.2) is 49.0 Å². The van der Waals surface area contributed by atoms with E-state index in [0.29, 0.717) is 42.8 Å². The number of rotatable bonds is 8. The molecule has 4 heterocycles. The molecule has 1 aromatic carbocycles. The van der Waals surface area contributed by atoms with E-state index in [9.17, 15) is 19.5 Å². The monoisotopic (exact) mass is 495 g/mol. The Bertz CT molecular complexity index is 1550. The summed E-state index contributed by atoms with van der Waals surface area (Å²) in [6.45, 7) is 1.78. The Hall–Kier alpha value is -4.03. The zero-order valence-corrected chi connectivity index (χ0v) is 19.5. The second-order valence-corrected chi connectivity index (χ2v) is 8.69. The van der Waals surface area contributed by atoms with Crippen LogP contribution >= 0.6 is 0 Å². The third kappa shape index (κ3) is 4.86. The number of aromatic nitrogens is 5. The molecule has 5 rings (SSSR count). The highest BCUT2D eigenvalue weighted by Gasteiger charge is 2.38. The zero-order valence-electron chi connectivity index (χ0n) is 19.5. The smallest absolute Gasteiger partial charge is 0.336 e. The van der Waals surface area contributed by atoms with Crippen molar-refractivity contribution in [1.29, 1.82) is 0 Å². The van der Waals surface area contributed by atoms with Gasteiger partial charge in [0.05, 0.1) is 24.9 Å². The molecule has 2 N–H and O–H groups in total. The van der Waals surface area contributed by atoms with Crippen molar-refractivity contribution in [1.82, 2.24) is 24.5 Å². The third-order valence-corrected chi connectivity index (χ3v) is 6.18. The SMILES string of the molecule is Cc1cn([C@H]2C[C@H](n3cc(CCCOc4ccc5ccc(=O)oc5c4)nn3)[C@@H](CO)O2)c(=O)[nH]c1=O. The van der Waals surface area contributed by atoms with Crippen LogP contribution in [0.1, 0.15) is 36.4 Å². The summed E-state index contributed by atoms with van der Waals surface area (Å²) in [5.41, 5.74) is 0.187. The number of aryl methyl sites for hydroxylation is 2. The van der Waals surface area contributed by atoms with Gasteiger partial charge in [-0.25, -0.2) is 14.3 Å². The molecule has 0 radical (unpaired) electrons. The summed E-state index contributed by atoms with van der Waals surface area (Å²) in [4.78, 5) is 37.6. The van der Waals surface area contributed by atoms with Crippen molar-refractivity contribution in [2.24, 2.45) is 0 Å². The number of aliphatic hydroxyl groups excluding tert-OH is 1. The fourth-order valence-corrected chi connectivity index (χ4v) is 4.29. The van der Waals surface area contributed by atoms with Crippen LogP contribution in [0, 0.1) is 6.92 Å². The quantitative estimate of drug-likeness (QED) is 0.270. The van der Waals surface area contributed by atoms with Crippen molar-refractivity contribution in [3.8, 4) is 5.75 Å². The van der Waals surface area contributed by atoms with Crippen molar-refractivity contribution < 1.29 is 19.0 Å². The summed E-state index contributed by atoms with van der Waals surface area (Å²) in [6.07, 6.45) is 3.68. The molecule has 0 bridgehead atoms. The third-order valence-electron chi connectivity index (χ3n) is 6.18. The molecule has 188 valence electrons. The first-order chi connectivity index (χ1) is 17.4. The standard InChI is InChI=1S/C24H25N5O7/c1-14-11-28(24(33)25-23(14)32)21-10-18(20(13-30)35-21)29-12-16(26-27-29)3-2-8-34-17-6-4-15-5-7-22(31)36-19(15)9-17/h4-7,9,11-12,18,20-21,30H,2-3,8,10,13H2,1H3,(H,25,32,33)/t18-,20+,21+/m0/s1.